The van der Waals surface area contributed by atoms with Gasteiger partial charge in [-0.2, -0.15) is 0 Å². The molecule has 0 fully saturated rings. The fourth-order valence-corrected chi connectivity index (χ4v) is 1.93. The number of aromatic nitrogens is 2. The average molecular weight is 234 g/mol. The van der Waals surface area contributed by atoms with Crippen molar-refractivity contribution in [2.45, 2.75) is 10.1 Å². The summed E-state index contributed by atoms with van der Waals surface area (Å²) in [5.74, 6) is -0.430. The van der Waals surface area contributed by atoms with Gasteiger partial charge in [0.2, 0.25) is 0 Å². The minimum atomic E-state index is -0.430. The molecule has 2 rings (SSSR count). The molecule has 1 aromatic heterocycles. The van der Waals surface area contributed by atoms with Crippen molar-refractivity contribution >= 4 is 18.0 Å². The Labute approximate surface area is 95.7 Å². The third-order valence-corrected chi connectivity index (χ3v) is 2.83. The standard InChI is InChI=1S/C11H7FN2OS/c12-9-2-3-10(8(6-9)7-15)16-11-13-4-1-5-14-11/h1-7H. The lowest BCUT2D eigenvalue weighted by atomic mass is 10.2. The minimum absolute atomic E-state index is 0.303. The van der Waals surface area contributed by atoms with Crippen LogP contribution in [0.5, 0.6) is 0 Å². The van der Waals surface area contributed by atoms with Gasteiger partial charge in [-0.1, -0.05) is 0 Å². The van der Waals surface area contributed by atoms with Crippen LogP contribution in [0.15, 0.2) is 46.7 Å². The lowest BCUT2D eigenvalue weighted by molar-refractivity contribution is 0.112. The number of nitrogens with zero attached hydrogens (tertiary/aromatic N) is 2. The fourth-order valence-electron chi connectivity index (χ4n) is 1.14. The zero-order valence-electron chi connectivity index (χ0n) is 8.13. The van der Waals surface area contributed by atoms with Crippen LogP contribution in [0.3, 0.4) is 0 Å². The van der Waals surface area contributed by atoms with E-state index in [-0.39, 0.29) is 0 Å². The predicted molar refractivity (Wildman–Crippen MR) is 57.9 cm³/mol. The number of hydrogen-bond acceptors (Lipinski definition) is 4. The van der Waals surface area contributed by atoms with E-state index in [1.165, 1.54) is 23.9 Å². The van der Waals surface area contributed by atoms with Crippen LogP contribution >= 0.6 is 11.8 Å². The molecule has 2 aromatic rings. The van der Waals surface area contributed by atoms with E-state index in [2.05, 4.69) is 9.97 Å². The molecule has 1 heterocycles. The highest BCUT2D eigenvalue weighted by atomic mass is 32.2. The Bertz CT molecular complexity index is 505. The molecule has 0 bridgehead atoms. The van der Waals surface area contributed by atoms with Crippen LogP contribution in [0.2, 0.25) is 0 Å². The van der Waals surface area contributed by atoms with Gasteiger partial charge in [0.25, 0.3) is 0 Å². The van der Waals surface area contributed by atoms with Gasteiger partial charge in [0, 0.05) is 22.9 Å². The Kier molecular flexibility index (Phi) is 3.26. The molecule has 1 aromatic carbocycles. The van der Waals surface area contributed by atoms with Crippen molar-refractivity contribution < 1.29 is 9.18 Å². The lowest BCUT2D eigenvalue weighted by Crippen LogP contribution is -1.89. The molecule has 0 saturated heterocycles. The quantitative estimate of drug-likeness (QED) is 0.604. The van der Waals surface area contributed by atoms with E-state index in [0.29, 0.717) is 21.9 Å². The summed E-state index contributed by atoms with van der Waals surface area (Å²) in [5, 5.41) is 0.525. The molecular formula is C11H7FN2OS. The SMILES string of the molecule is O=Cc1cc(F)ccc1Sc1ncccn1. The molecule has 16 heavy (non-hydrogen) atoms. The first kappa shape index (κ1) is 10.8. The molecule has 0 aliphatic rings. The smallest absolute Gasteiger partial charge is 0.192 e. The second-order valence-corrected chi connectivity index (χ2v) is 3.94. The molecule has 0 saturated carbocycles. The van der Waals surface area contributed by atoms with Gasteiger partial charge in [0.1, 0.15) is 5.82 Å². The first-order chi connectivity index (χ1) is 7.79. The summed E-state index contributed by atoms with van der Waals surface area (Å²) >= 11 is 1.23. The summed E-state index contributed by atoms with van der Waals surface area (Å²) in [6.45, 7) is 0. The number of carbonyl (C=O) groups excluding carboxylic acids is 1. The lowest BCUT2D eigenvalue weighted by Gasteiger charge is -2.02. The van der Waals surface area contributed by atoms with Gasteiger partial charge in [0.15, 0.2) is 11.4 Å². The Hall–Kier alpha value is -1.75. The van der Waals surface area contributed by atoms with Crippen LogP contribution < -0.4 is 0 Å². The average Bonchev–Trinajstić information content (AvgIpc) is 2.33. The monoisotopic (exact) mass is 234 g/mol. The molecule has 0 aliphatic heterocycles. The van der Waals surface area contributed by atoms with E-state index in [9.17, 15) is 9.18 Å². The van der Waals surface area contributed by atoms with Gasteiger partial charge >= 0.3 is 0 Å². The van der Waals surface area contributed by atoms with Crippen LogP contribution in [-0.4, -0.2) is 16.3 Å². The van der Waals surface area contributed by atoms with Crippen LogP contribution in [0.1, 0.15) is 10.4 Å². The van der Waals surface area contributed by atoms with Gasteiger partial charge in [-0.15, -0.1) is 0 Å². The van der Waals surface area contributed by atoms with Crippen molar-refractivity contribution in [2.75, 3.05) is 0 Å². The first-order valence-electron chi connectivity index (χ1n) is 4.49. The summed E-state index contributed by atoms with van der Waals surface area (Å²) in [6, 6.07) is 5.74. The molecule has 0 radical (unpaired) electrons. The third kappa shape index (κ3) is 2.43. The predicted octanol–water partition coefficient (Wildman–Crippen LogP) is 2.58. The van der Waals surface area contributed by atoms with Crippen molar-refractivity contribution in [1.29, 1.82) is 0 Å². The highest BCUT2D eigenvalue weighted by Crippen LogP contribution is 2.27. The highest BCUT2D eigenvalue weighted by molar-refractivity contribution is 7.99. The second-order valence-electron chi connectivity index (χ2n) is 2.93. The zero-order chi connectivity index (χ0) is 11.4. The molecule has 0 amide bonds. The van der Waals surface area contributed by atoms with E-state index >= 15 is 0 Å². The van der Waals surface area contributed by atoms with Gasteiger partial charge < -0.3 is 0 Å². The van der Waals surface area contributed by atoms with Crippen LogP contribution in [0.25, 0.3) is 0 Å². The minimum Gasteiger partial charge on any atom is -0.298 e. The Morgan fingerprint density at radius 2 is 2.00 bits per heavy atom. The van der Waals surface area contributed by atoms with Gasteiger partial charge in [-0.05, 0) is 36.0 Å². The van der Waals surface area contributed by atoms with E-state index in [1.54, 1.807) is 24.5 Å². The van der Waals surface area contributed by atoms with E-state index in [0.717, 1.165) is 0 Å². The number of carbonyl (C=O) groups is 1. The van der Waals surface area contributed by atoms with Crippen molar-refractivity contribution in [3.8, 4) is 0 Å². The zero-order valence-corrected chi connectivity index (χ0v) is 8.95. The van der Waals surface area contributed by atoms with E-state index in [4.69, 9.17) is 0 Å². The number of hydrogen-bond donors (Lipinski definition) is 0. The van der Waals surface area contributed by atoms with Crippen molar-refractivity contribution in [2.24, 2.45) is 0 Å². The number of halogens is 1. The molecule has 3 nitrogen and oxygen atoms in total. The first-order valence-corrected chi connectivity index (χ1v) is 5.31. The summed E-state index contributed by atoms with van der Waals surface area (Å²) in [4.78, 5) is 19.4. The third-order valence-electron chi connectivity index (χ3n) is 1.84. The number of benzene rings is 1. The van der Waals surface area contributed by atoms with E-state index < -0.39 is 5.82 Å². The van der Waals surface area contributed by atoms with Crippen LogP contribution in [-0.2, 0) is 0 Å². The van der Waals surface area contributed by atoms with Crippen LogP contribution in [0.4, 0.5) is 4.39 Å². The molecular weight excluding hydrogens is 227 g/mol. The molecule has 0 atom stereocenters. The fraction of sp³-hybridized carbons (Fsp3) is 0. The van der Waals surface area contributed by atoms with Gasteiger partial charge in [-0.3, -0.25) is 4.79 Å². The summed E-state index contributed by atoms with van der Waals surface area (Å²) in [7, 11) is 0. The maximum atomic E-state index is 12.9. The number of rotatable bonds is 3. The molecule has 0 unspecified atom stereocenters. The van der Waals surface area contributed by atoms with Gasteiger partial charge in [-0.25, -0.2) is 14.4 Å². The van der Waals surface area contributed by atoms with Crippen molar-refractivity contribution in [3.63, 3.8) is 0 Å². The van der Waals surface area contributed by atoms with Crippen molar-refractivity contribution in [3.05, 3.63) is 48.0 Å². The largest absolute Gasteiger partial charge is 0.298 e. The van der Waals surface area contributed by atoms with E-state index in [1.807, 2.05) is 0 Å². The Morgan fingerprint density at radius 3 is 2.69 bits per heavy atom. The topological polar surface area (TPSA) is 42.9 Å². The highest BCUT2D eigenvalue weighted by Gasteiger charge is 2.06. The number of aldehydes is 1. The molecule has 0 N–H and O–H groups in total. The second kappa shape index (κ2) is 4.85. The van der Waals surface area contributed by atoms with Crippen molar-refractivity contribution in [1.82, 2.24) is 9.97 Å². The van der Waals surface area contributed by atoms with Gasteiger partial charge in [0.05, 0.1) is 0 Å². The normalized spacial score (nSPS) is 10.1. The molecule has 5 heteroatoms. The Morgan fingerprint density at radius 1 is 1.25 bits per heavy atom. The molecule has 0 aliphatic carbocycles. The summed E-state index contributed by atoms with van der Waals surface area (Å²) in [6.07, 6.45) is 3.84. The Balaban J connectivity index is 2.31. The maximum Gasteiger partial charge on any atom is 0.192 e. The summed E-state index contributed by atoms with van der Waals surface area (Å²) < 4.78 is 12.9. The molecule has 0 spiro atoms. The van der Waals surface area contributed by atoms with Crippen LogP contribution in [0, 0.1) is 5.82 Å². The maximum absolute atomic E-state index is 12.9. The summed E-state index contributed by atoms with van der Waals surface area (Å²) in [5.41, 5.74) is 0.303. The molecule has 80 valence electrons.